The summed E-state index contributed by atoms with van der Waals surface area (Å²) < 4.78 is 16.7. The predicted molar refractivity (Wildman–Crippen MR) is 306 cm³/mol. The lowest BCUT2D eigenvalue weighted by molar-refractivity contribution is -0.166. The van der Waals surface area contributed by atoms with Crippen LogP contribution in [0.4, 0.5) is 0 Å². The lowest BCUT2D eigenvalue weighted by Crippen LogP contribution is -2.30. The van der Waals surface area contributed by atoms with E-state index in [-0.39, 0.29) is 38.0 Å². The Kier molecular flexibility index (Phi) is 53.1. The Morgan fingerprint density at radius 3 is 1.10 bits per heavy atom. The Labute approximate surface area is 434 Å². The zero-order valence-corrected chi connectivity index (χ0v) is 44.9. The van der Waals surface area contributed by atoms with Crippen LogP contribution < -0.4 is 0 Å². The van der Waals surface area contributed by atoms with Crippen molar-refractivity contribution in [2.75, 3.05) is 13.2 Å². The quantitative estimate of drug-likeness (QED) is 0.0199. The maximum Gasteiger partial charge on any atom is 0.306 e. The molecule has 0 amide bonds. The van der Waals surface area contributed by atoms with Crippen molar-refractivity contribution in [1.82, 2.24) is 0 Å². The van der Waals surface area contributed by atoms with Crippen molar-refractivity contribution in [2.45, 2.75) is 207 Å². The minimum Gasteiger partial charge on any atom is -0.462 e. The average molecular weight is 975 g/mol. The van der Waals surface area contributed by atoms with E-state index in [1.54, 1.807) is 0 Å². The highest BCUT2D eigenvalue weighted by Crippen LogP contribution is 2.12. The van der Waals surface area contributed by atoms with Gasteiger partial charge >= 0.3 is 17.9 Å². The molecular weight excluding hydrogens is 877 g/mol. The van der Waals surface area contributed by atoms with Crippen molar-refractivity contribution < 1.29 is 28.6 Å². The smallest absolute Gasteiger partial charge is 0.306 e. The molecule has 71 heavy (non-hydrogen) atoms. The molecule has 0 radical (unpaired) electrons. The molecule has 1 atom stereocenters. The minimum absolute atomic E-state index is 0.134. The van der Waals surface area contributed by atoms with Crippen molar-refractivity contribution in [3.05, 3.63) is 170 Å². The number of carbonyl (C=O) groups excluding carboxylic acids is 3. The second-order valence-corrected chi connectivity index (χ2v) is 17.6. The third kappa shape index (κ3) is 55.6. The molecule has 1 unspecified atom stereocenters. The summed E-state index contributed by atoms with van der Waals surface area (Å²) in [6, 6.07) is 0. The number of esters is 3. The Morgan fingerprint density at radius 1 is 0.310 bits per heavy atom. The van der Waals surface area contributed by atoms with Gasteiger partial charge in [-0.2, -0.15) is 0 Å². The van der Waals surface area contributed by atoms with Gasteiger partial charge in [-0.3, -0.25) is 14.4 Å². The Hall–Kier alpha value is -5.23. The lowest BCUT2D eigenvalue weighted by atomic mass is 10.1. The monoisotopic (exact) mass is 975 g/mol. The van der Waals surface area contributed by atoms with E-state index in [1.807, 2.05) is 85.1 Å². The normalized spacial score (nSPS) is 13.5. The van der Waals surface area contributed by atoms with E-state index >= 15 is 0 Å². The molecule has 0 N–H and O–H groups in total. The van der Waals surface area contributed by atoms with E-state index in [0.29, 0.717) is 19.3 Å². The number of hydrogen-bond acceptors (Lipinski definition) is 6. The summed E-state index contributed by atoms with van der Waals surface area (Å²) in [5.74, 6) is -1.08. The first kappa shape index (κ1) is 65.8. The fraction of sp³-hybridized carbons (Fsp3) is 0.523. The summed E-state index contributed by atoms with van der Waals surface area (Å²) in [7, 11) is 0. The van der Waals surface area contributed by atoms with Crippen molar-refractivity contribution in [3.8, 4) is 0 Å². The largest absolute Gasteiger partial charge is 0.462 e. The van der Waals surface area contributed by atoms with Crippen LogP contribution in [0.5, 0.6) is 0 Å². The molecule has 0 rings (SSSR count). The van der Waals surface area contributed by atoms with Gasteiger partial charge in [-0.15, -0.1) is 0 Å². The molecule has 0 aromatic carbocycles. The highest BCUT2D eigenvalue weighted by atomic mass is 16.6. The number of carbonyl (C=O) groups is 3. The van der Waals surface area contributed by atoms with Crippen LogP contribution in [0.25, 0.3) is 0 Å². The molecule has 0 aromatic heterocycles. The van der Waals surface area contributed by atoms with Crippen molar-refractivity contribution in [2.24, 2.45) is 0 Å². The molecule has 0 saturated carbocycles. The molecule has 0 spiro atoms. The molecule has 6 heteroatoms. The fourth-order valence-corrected chi connectivity index (χ4v) is 6.80. The van der Waals surface area contributed by atoms with E-state index in [0.717, 1.165) is 83.5 Å². The first-order valence-corrected chi connectivity index (χ1v) is 27.7. The molecule has 0 aliphatic rings. The zero-order chi connectivity index (χ0) is 51.4. The summed E-state index contributed by atoms with van der Waals surface area (Å²) in [5.41, 5.74) is 0. The molecule has 0 bridgehead atoms. The van der Waals surface area contributed by atoms with Crippen LogP contribution in [0.1, 0.15) is 201 Å². The second kappa shape index (κ2) is 57.3. The van der Waals surface area contributed by atoms with Crippen LogP contribution >= 0.6 is 0 Å². The van der Waals surface area contributed by atoms with Crippen LogP contribution in [0.15, 0.2) is 170 Å². The van der Waals surface area contributed by atoms with Gasteiger partial charge in [0.25, 0.3) is 0 Å². The third-order valence-corrected chi connectivity index (χ3v) is 10.9. The van der Waals surface area contributed by atoms with Gasteiger partial charge in [0, 0.05) is 19.3 Å². The van der Waals surface area contributed by atoms with Gasteiger partial charge in [0.15, 0.2) is 6.10 Å². The topological polar surface area (TPSA) is 78.9 Å². The van der Waals surface area contributed by atoms with Gasteiger partial charge in [-0.25, -0.2) is 0 Å². The van der Waals surface area contributed by atoms with E-state index in [9.17, 15) is 14.4 Å². The number of allylic oxidation sites excluding steroid dienone is 28. The third-order valence-electron chi connectivity index (χ3n) is 10.9. The second-order valence-electron chi connectivity index (χ2n) is 17.6. The van der Waals surface area contributed by atoms with E-state index < -0.39 is 12.1 Å². The number of ether oxygens (including phenoxy) is 3. The highest BCUT2D eigenvalue weighted by molar-refractivity contribution is 5.71. The molecule has 394 valence electrons. The minimum atomic E-state index is -0.849. The molecule has 0 aromatic rings. The Morgan fingerprint density at radius 2 is 0.648 bits per heavy atom. The standard InChI is InChI=1S/C65H98O6/c1-4-7-10-13-16-19-22-25-28-30-32-34-37-40-43-46-49-52-55-58-64(67)70-61-62(60-69-63(66)57-54-51-48-45-42-39-36-27-24-21-18-15-12-9-6-3)71-65(68)59-56-53-50-47-44-41-38-35-33-31-29-26-23-20-17-14-11-8-5-2/h7-8,10-11,13,16-17,19-22,24-26,28-30,32-35,37,40-41,43-44,50,53,62H,4-6,9,12,14-15,18,23,27,31,36,38-39,42,45-49,51-52,54-61H2,1-3H3/b10-7-,11-8-,16-13-,20-17-,22-19-,24-21-,28-25-,29-26-,32-30+,35-33-,37-34-,43-40-,44-41-,53-50-. The van der Waals surface area contributed by atoms with Crippen LogP contribution in [0.3, 0.4) is 0 Å². The molecule has 0 aliphatic carbocycles. The van der Waals surface area contributed by atoms with E-state index in [4.69, 9.17) is 14.2 Å². The Balaban J connectivity index is 4.66. The van der Waals surface area contributed by atoms with Crippen LogP contribution in [0, 0.1) is 0 Å². The van der Waals surface area contributed by atoms with Crippen molar-refractivity contribution in [3.63, 3.8) is 0 Å². The van der Waals surface area contributed by atoms with Gasteiger partial charge in [-0.05, 0) is 103 Å². The van der Waals surface area contributed by atoms with E-state index in [1.165, 1.54) is 64.2 Å². The summed E-state index contributed by atoms with van der Waals surface area (Å²) in [6.45, 7) is 6.24. The van der Waals surface area contributed by atoms with Crippen molar-refractivity contribution >= 4 is 17.9 Å². The highest BCUT2D eigenvalue weighted by Gasteiger charge is 2.19. The van der Waals surface area contributed by atoms with Crippen LogP contribution in [0.2, 0.25) is 0 Å². The predicted octanol–water partition coefficient (Wildman–Crippen LogP) is 18.8. The first-order valence-electron chi connectivity index (χ1n) is 27.7. The lowest BCUT2D eigenvalue weighted by Gasteiger charge is -2.18. The molecular formula is C65H98O6. The molecule has 0 heterocycles. The fourth-order valence-electron chi connectivity index (χ4n) is 6.80. The zero-order valence-electron chi connectivity index (χ0n) is 44.9. The summed E-state index contributed by atoms with van der Waals surface area (Å²) in [6.07, 6.45) is 84.8. The summed E-state index contributed by atoms with van der Waals surface area (Å²) >= 11 is 0. The number of unbranched alkanes of at least 4 members (excludes halogenated alkanes) is 14. The van der Waals surface area contributed by atoms with Gasteiger partial charge in [0.2, 0.25) is 0 Å². The number of hydrogen-bond donors (Lipinski definition) is 0. The van der Waals surface area contributed by atoms with Crippen LogP contribution in [-0.2, 0) is 28.6 Å². The molecule has 0 saturated heterocycles. The van der Waals surface area contributed by atoms with Gasteiger partial charge in [0.05, 0.1) is 0 Å². The first-order chi connectivity index (χ1) is 35.0. The summed E-state index contributed by atoms with van der Waals surface area (Å²) in [5, 5.41) is 0. The van der Waals surface area contributed by atoms with Gasteiger partial charge < -0.3 is 14.2 Å². The Bertz CT molecular complexity index is 1690. The SMILES string of the molecule is CC\C=C/C=C\C=C/C=C\C=C\C=C/C=C\CCCCCC(=O)OCC(COC(=O)CCCCCCCCC/C=C\CCCCCC)OC(=O)CC/C=C\C/C=C\C/C=C\C/C=C\C/C=C\C/C=C\CC. The van der Waals surface area contributed by atoms with Gasteiger partial charge in [-0.1, -0.05) is 249 Å². The molecule has 6 nitrogen and oxygen atoms in total. The van der Waals surface area contributed by atoms with Crippen molar-refractivity contribution in [1.29, 1.82) is 0 Å². The molecule has 0 fully saturated rings. The average Bonchev–Trinajstić information content (AvgIpc) is 3.37. The van der Waals surface area contributed by atoms with Gasteiger partial charge in [0.1, 0.15) is 13.2 Å². The van der Waals surface area contributed by atoms with Crippen LogP contribution in [-0.4, -0.2) is 37.2 Å². The maximum atomic E-state index is 12.8. The summed E-state index contributed by atoms with van der Waals surface area (Å²) in [4.78, 5) is 38.1. The van der Waals surface area contributed by atoms with E-state index in [2.05, 4.69) is 106 Å². The molecule has 0 aliphatic heterocycles. The maximum absolute atomic E-state index is 12.8. The number of rotatable bonds is 47.